The fourth-order valence-corrected chi connectivity index (χ4v) is 2.87. The van der Waals surface area contributed by atoms with Crippen LogP contribution in [0.15, 0.2) is 52.5 Å². The Morgan fingerprint density at radius 1 is 1.24 bits per heavy atom. The molecule has 2 rings (SSSR count). The van der Waals surface area contributed by atoms with Crippen molar-refractivity contribution in [1.82, 2.24) is 10.3 Å². The van der Waals surface area contributed by atoms with Gasteiger partial charge in [-0.15, -0.1) is 0 Å². The van der Waals surface area contributed by atoms with Gasteiger partial charge < -0.3 is 10.1 Å². The van der Waals surface area contributed by atoms with Crippen molar-refractivity contribution in [3.63, 3.8) is 0 Å². The summed E-state index contributed by atoms with van der Waals surface area (Å²) in [5.41, 5.74) is 1.22. The Labute approximate surface area is 131 Å². The van der Waals surface area contributed by atoms with Crippen LogP contribution in [0.1, 0.15) is 31.9 Å². The predicted molar refractivity (Wildman–Crippen MR) is 88.1 cm³/mol. The van der Waals surface area contributed by atoms with E-state index in [1.807, 2.05) is 30.5 Å². The lowest BCUT2D eigenvalue weighted by Gasteiger charge is -2.13. The van der Waals surface area contributed by atoms with E-state index < -0.39 is 0 Å². The summed E-state index contributed by atoms with van der Waals surface area (Å²) in [5.74, 6) is 0.881. The van der Waals surface area contributed by atoms with E-state index in [0.717, 1.165) is 28.6 Å². The number of pyridine rings is 1. The molecule has 0 spiro atoms. The largest absolute Gasteiger partial charge is 0.496 e. The molecule has 1 unspecified atom stereocenters. The average Bonchev–Trinajstić information content (AvgIpc) is 2.54. The minimum absolute atomic E-state index is 0.336. The molecule has 0 fully saturated rings. The van der Waals surface area contributed by atoms with Crippen molar-refractivity contribution in [2.45, 2.75) is 36.2 Å². The van der Waals surface area contributed by atoms with Crippen LogP contribution in [0.5, 0.6) is 5.75 Å². The average molecular weight is 302 g/mol. The van der Waals surface area contributed by atoms with Gasteiger partial charge in [0, 0.05) is 12.2 Å². The first kappa shape index (κ1) is 15.9. The third-order valence-electron chi connectivity index (χ3n) is 3.24. The Bertz CT molecular complexity index is 557. The van der Waals surface area contributed by atoms with Gasteiger partial charge in [-0.1, -0.05) is 36.9 Å². The number of hydrogen-bond acceptors (Lipinski definition) is 4. The molecule has 0 radical (unpaired) electrons. The number of rotatable bonds is 7. The molecular weight excluding hydrogens is 280 g/mol. The zero-order valence-electron chi connectivity index (χ0n) is 12.8. The molecule has 0 aliphatic rings. The molecule has 2 aromatic rings. The predicted octanol–water partition coefficient (Wildman–Crippen LogP) is 4.30. The SMILES string of the molecule is CCCNC(C)c1ccc(Sc2ccccc2OC)nc1. The van der Waals surface area contributed by atoms with E-state index in [1.54, 1.807) is 18.9 Å². The summed E-state index contributed by atoms with van der Waals surface area (Å²) < 4.78 is 5.37. The van der Waals surface area contributed by atoms with Crippen LogP contribution in [-0.2, 0) is 0 Å². The molecule has 3 nitrogen and oxygen atoms in total. The quantitative estimate of drug-likeness (QED) is 0.827. The maximum absolute atomic E-state index is 5.37. The number of benzene rings is 1. The van der Waals surface area contributed by atoms with Crippen molar-refractivity contribution in [3.05, 3.63) is 48.2 Å². The number of nitrogens with zero attached hydrogens (tertiary/aromatic N) is 1. The van der Waals surface area contributed by atoms with Gasteiger partial charge in [0.05, 0.1) is 12.0 Å². The Morgan fingerprint density at radius 2 is 2.05 bits per heavy atom. The summed E-state index contributed by atoms with van der Waals surface area (Å²) in [4.78, 5) is 5.63. The molecule has 1 N–H and O–H groups in total. The van der Waals surface area contributed by atoms with Gasteiger partial charge in [0.2, 0.25) is 0 Å². The molecule has 0 bridgehead atoms. The zero-order chi connectivity index (χ0) is 15.1. The highest BCUT2D eigenvalue weighted by Crippen LogP contribution is 2.33. The van der Waals surface area contributed by atoms with Gasteiger partial charge in [0.25, 0.3) is 0 Å². The van der Waals surface area contributed by atoms with E-state index in [-0.39, 0.29) is 0 Å². The first-order chi connectivity index (χ1) is 10.2. The standard InChI is InChI=1S/C17H22N2OS/c1-4-11-18-13(2)14-9-10-17(19-12-14)21-16-8-6-5-7-15(16)20-3/h5-10,12-13,18H,4,11H2,1-3H3. The number of aromatic nitrogens is 1. The highest BCUT2D eigenvalue weighted by Gasteiger charge is 2.07. The van der Waals surface area contributed by atoms with Gasteiger partial charge in [-0.25, -0.2) is 4.98 Å². The molecule has 0 aliphatic heterocycles. The van der Waals surface area contributed by atoms with Crippen LogP contribution >= 0.6 is 11.8 Å². The summed E-state index contributed by atoms with van der Waals surface area (Å²) >= 11 is 1.62. The molecular formula is C17H22N2OS. The molecule has 1 atom stereocenters. The van der Waals surface area contributed by atoms with E-state index in [0.29, 0.717) is 6.04 Å². The molecule has 4 heteroatoms. The van der Waals surface area contributed by atoms with Crippen LogP contribution in [0.25, 0.3) is 0 Å². The lowest BCUT2D eigenvalue weighted by Crippen LogP contribution is -2.19. The van der Waals surface area contributed by atoms with Crippen LogP contribution in [0.3, 0.4) is 0 Å². The van der Waals surface area contributed by atoms with Crippen LogP contribution in [-0.4, -0.2) is 18.6 Å². The van der Waals surface area contributed by atoms with E-state index in [2.05, 4.69) is 36.3 Å². The first-order valence-corrected chi connectivity index (χ1v) is 8.06. The lowest BCUT2D eigenvalue weighted by molar-refractivity contribution is 0.405. The second-order valence-electron chi connectivity index (χ2n) is 4.86. The summed E-state index contributed by atoms with van der Waals surface area (Å²) in [5, 5.41) is 4.45. The maximum atomic E-state index is 5.37. The van der Waals surface area contributed by atoms with Gasteiger partial charge in [-0.05, 0) is 43.7 Å². The third-order valence-corrected chi connectivity index (χ3v) is 4.25. The fourth-order valence-electron chi connectivity index (χ4n) is 2.00. The second-order valence-corrected chi connectivity index (χ2v) is 5.92. The molecule has 1 aromatic heterocycles. The number of hydrogen-bond donors (Lipinski definition) is 1. The minimum Gasteiger partial charge on any atom is -0.496 e. The zero-order valence-corrected chi connectivity index (χ0v) is 13.6. The van der Waals surface area contributed by atoms with Crippen LogP contribution < -0.4 is 10.1 Å². The van der Waals surface area contributed by atoms with Crippen LogP contribution in [0.2, 0.25) is 0 Å². The van der Waals surface area contributed by atoms with Gasteiger partial charge in [0.15, 0.2) is 0 Å². The number of para-hydroxylation sites is 1. The highest BCUT2D eigenvalue weighted by atomic mass is 32.2. The second kappa shape index (κ2) is 8.05. The van der Waals surface area contributed by atoms with E-state index in [4.69, 9.17) is 4.74 Å². The molecule has 0 saturated carbocycles. The Hall–Kier alpha value is -1.52. The number of ether oxygens (including phenoxy) is 1. The molecule has 112 valence electrons. The van der Waals surface area contributed by atoms with Crippen molar-refractivity contribution >= 4 is 11.8 Å². The lowest BCUT2D eigenvalue weighted by atomic mass is 10.1. The number of nitrogens with one attached hydrogen (secondary N) is 1. The normalized spacial score (nSPS) is 12.1. The fraction of sp³-hybridized carbons (Fsp3) is 0.353. The molecule has 0 aliphatic carbocycles. The third kappa shape index (κ3) is 4.48. The smallest absolute Gasteiger partial charge is 0.132 e. The molecule has 1 aromatic carbocycles. The minimum atomic E-state index is 0.336. The van der Waals surface area contributed by atoms with Crippen molar-refractivity contribution < 1.29 is 4.74 Å². The summed E-state index contributed by atoms with van der Waals surface area (Å²) in [6.45, 7) is 5.36. The Morgan fingerprint density at radius 3 is 2.71 bits per heavy atom. The Balaban J connectivity index is 2.05. The van der Waals surface area contributed by atoms with Crippen LogP contribution in [0, 0.1) is 0 Å². The van der Waals surface area contributed by atoms with Crippen molar-refractivity contribution in [2.24, 2.45) is 0 Å². The molecule has 1 heterocycles. The summed E-state index contributed by atoms with van der Waals surface area (Å²) in [7, 11) is 1.69. The summed E-state index contributed by atoms with van der Waals surface area (Å²) in [6.07, 6.45) is 3.09. The topological polar surface area (TPSA) is 34.1 Å². The van der Waals surface area contributed by atoms with Crippen LogP contribution in [0.4, 0.5) is 0 Å². The van der Waals surface area contributed by atoms with Gasteiger partial charge in [0.1, 0.15) is 10.8 Å². The molecule has 0 amide bonds. The highest BCUT2D eigenvalue weighted by molar-refractivity contribution is 7.99. The summed E-state index contributed by atoms with van der Waals surface area (Å²) in [6, 6.07) is 12.5. The Kier molecular flexibility index (Phi) is 6.08. The van der Waals surface area contributed by atoms with E-state index in [1.165, 1.54) is 5.56 Å². The number of methoxy groups -OCH3 is 1. The van der Waals surface area contributed by atoms with Gasteiger partial charge in [-0.3, -0.25) is 0 Å². The molecule has 0 saturated heterocycles. The maximum Gasteiger partial charge on any atom is 0.132 e. The van der Waals surface area contributed by atoms with E-state index >= 15 is 0 Å². The van der Waals surface area contributed by atoms with Gasteiger partial charge >= 0.3 is 0 Å². The van der Waals surface area contributed by atoms with E-state index in [9.17, 15) is 0 Å². The van der Waals surface area contributed by atoms with Crippen molar-refractivity contribution in [1.29, 1.82) is 0 Å². The van der Waals surface area contributed by atoms with Crippen molar-refractivity contribution in [3.8, 4) is 5.75 Å². The monoisotopic (exact) mass is 302 g/mol. The molecule has 21 heavy (non-hydrogen) atoms. The first-order valence-electron chi connectivity index (χ1n) is 7.24. The van der Waals surface area contributed by atoms with Crippen molar-refractivity contribution in [2.75, 3.05) is 13.7 Å². The van der Waals surface area contributed by atoms with Gasteiger partial charge in [-0.2, -0.15) is 0 Å².